The number of anilines is 1. The molecular weight excluding hydrogens is 216 g/mol. The molecule has 94 valence electrons. The minimum Gasteiger partial charge on any atom is -0.364 e. The summed E-state index contributed by atoms with van der Waals surface area (Å²) in [6, 6.07) is 0. The van der Waals surface area contributed by atoms with Crippen LogP contribution in [-0.2, 0) is 7.05 Å². The van der Waals surface area contributed by atoms with Gasteiger partial charge in [0, 0.05) is 31.5 Å². The molecule has 0 saturated heterocycles. The van der Waals surface area contributed by atoms with E-state index in [0.29, 0.717) is 5.82 Å². The van der Waals surface area contributed by atoms with Crippen LogP contribution in [0.2, 0.25) is 0 Å². The van der Waals surface area contributed by atoms with Gasteiger partial charge < -0.3 is 14.8 Å². The van der Waals surface area contributed by atoms with E-state index in [1.807, 2.05) is 0 Å². The highest BCUT2D eigenvalue weighted by Crippen LogP contribution is 2.35. The maximum Gasteiger partial charge on any atom is 0.293 e. The SMILES string of the molecule is CN(C)C1(CNc2nccn(C)c2=O)CCC1. The van der Waals surface area contributed by atoms with Gasteiger partial charge in [0.2, 0.25) is 0 Å². The molecule has 1 N–H and O–H groups in total. The number of nitrogens with zero attached hydrogens (tertiary/aromatic N) is 3. The summed E-state index contributed by atoms with van der Waals surface area (Å²) in [5, 5.41) is 3.19. The number of hydrogen-bond acceptors (Lipinski definition) is 4. The molecule has 17 heavy (non-hydrogen) atoms. The van der Waals surface area contributed by atoms with Crippen LogP contribution in [0.15, 0.2) is 17.2 Å². The highest BCUT2D eigenvalue weighted by molar-refractivity contribution is 5.32. The van der Waals surface area contributed by atoms with Crippen molar-refractivity contribution in [3.8, 4) is 0 Å². The van der Waals surface area contributed by atoms with Crippen molar-refractivity contribution in [2.75, 3.05) is 26.0 Å². The molecule has 1 aliphatic carbocycles. The summed E-state index contributed by atoms with van der Waals surface area (Å²) < 4.78 is 1.54. The van der Waals surface area contributed by atoms with Crippen LogP contribution >= 0.6 is 0 Å². The van der Waals surface area contributed by atoms with Crippen molar-refractivity contribution >= 4 is 5.82 Å². The van der Waals surface area contributed by atoms with Crippen molar-refractivity contribution in [3.63, 3.8) is 0 Å². The highest BCUT2D eigenvalue weighted by Gasteiger charge is 2.38. The number of likely N-dealkylation sites (N-methyl/N-ethyl adjacent to an activating group) is 1. The first-order chi connectivity index (χ1) is 8.05. The molecule has 1 fully saturated rings. The van der Waals surface area contributed by atoms with E-state index in [2.05, 4.69) is 29.3 Å². The molecule has 1 aromatic rings. The van der Waals surface area contributed by atoms with Crippen molar-refractivity contribution < 1.29 is 0 Å². The Kier molecular flexibility index (Phi) is 3.19. The molecule has 1 heterocycles. The summed E-state index contributed by atoms with van der Waals surface area (Å²) in [6.07, 6.45) is 6.94. The summed E-state index contributed by atoms with van der Waals surface area (Å²) in [4.78, 5) is 18.1. The summed E-state index contributed by atoms with van der Waals surface area (Å²) in [5.41, 5.74) is 0.128. The van der Waals surface area contributed by atoms with Gasteiger partial charge in [-0.1, -0.05) is 0 Å². The first kappa shape index (κ1) is 12.1. The lowest BCUT2D eigenvalue weighted by Gasteiger charge is -2.47. The first-order valence-corrected chi connectivity index (χ1v) is 5.98. The Morgan fingerprint density at radius 1 is 1.53 bits per heavy atom. The predicted molar refractivity (Wildman–Crippen MR) is 68.2 cm³/mol. The lowest BCUT2D eigenvalue weighted by atomic mass is 9.75. The Morgan fingerprint density at radius 2 is 2.24 bits per heavy atom. The maximum atomic E-state index is 11.8. The number of rotatable bonds is 4. The monoisotopic (exact) mass is 236 g/mol. The summed E-state index contributed by atoms with van der Waals surface area (Å²) in [5.74, 6) is 0.447. The first-order valence-electron chi connectivity index (χ1n) is 5.98. The van der Waals surface area contributed by atoms with Gasteiger partial charge in [-0.2, -0.15) is 0 Å². The third-order valence-corrected chi connectivity index (χ3v) is 3.83. The molecule has 0 atom stereocenters. The lowest BCUT2D eigenvalue weighted by molar-refractivity contribution is 0.0738. The molecule has 0 radical (unpaired) electrons. The van der Waals surface area contributed by atoms with E-state index in [4.69, 9.17) is 0 Å². The van der Waals surface area contributed by atoms with Crippen molar-refractivity contribution in [3.05, 3.63) is 22.7 Å². The zero-order chi connectivity index (χ0) is 12.5. The summed E-state index contributed by atoms with van der Waals surface area (Å²) in [7, 11) is 5.93. The number of aryl methyl sites for hydroxylation is 1. The van der Waals surface area contributed by atoms with Crippen LogP contribution in [-0.4, -0.2) is 40.6 Å². The maximum absolute atomic E-state index is 11.8. The van der Waals surface area contributed by atoms with Crippen molar-refractivity contribution in [1.29, 1.82) is 0 Å². The molecule has 2 rings (SSSR count). The number of hydrogen-bond donors (Lipinski definition) is 1. The molecule has 5 nitrogen and oxygen atoms in total. The average molecular weight is 236 g/mol. The van der Waals surface area contributed by atoms with Crippen molar-refractivity contribution in [2.24, 2.45) is 7.05 Å². The lowest BCUT2D eigenvalue weighted by Crippen LogP contribution is -2.55. The molecule has 0 bridgehead atoms. The molecule has 0 spiro atoms. The van der Waals surface area contributed by atoms with E-state index < -0.39 is 0 Å². The Morgan fingerprint density at radius 3 is 2.76 bits per heavy atom. The van der Waals surface area contributed by atoms with Gasteiger partial charge in [0.05, 0.1) is 0 Å². The zero-order valence-corrected chi connectivity index (χ0v) is 10.7. The van der Waals surface area contributed by atoms with Crippen LogP contribution in [0, 0.1) is 0 Å². The van der Waals surface area contributed by atoms with Crippen LogP contribution in [0.4, 0.5) is 5.82 Å². The Balaban J connectivity index is 2.07. The second-order valence-electron chi connectivity index (χ2n) is 5.02. The van der Waals surface area contributed by atoms with Gasteiger partial charge in [-0.15, -0.1) is 0 Å². The van der Waals surface area contributed by atoms with Gasteiger partial charge in [0.25, 0.3) is 5.56 Å². The molecule has 1 saturated carbocycles. The molecule has 0 aliphatic heterocycles. The van der Waals surface area contributed by atoms with E-state index in [-0.39, 0.29) is 11.1 Å². The van der Waals surface area contributed by atoms with Crippen molar-refractivity contribution in [2.45, 2.75) is 24.8 Å². The van der Waals surface area contributed by atoms with Gasteiger partial charge in [-0.3, -0.25) is 4.79 Å². The fourth-order valence-corrected chi connectivity index (χ4v) is 2.23. The Bertz CT molecular complexity index is 448. The minimum absolute atomic E-state index is 0.0688. The summed E-state index contributed by atoms with van der Waals surface area (Å²) in [6.45, 7) is 0.784. The van der Waals surface area contributed by atoms with Crippen LogP contribution < -0.4 is 10.9 Å². The van der Waals surface area contributed by atoms with Crippen molar-refractivity contribution in [1.82, 2.24) is 14.5 Å². The van der Waals surface area contributed by atoms with Gasteiger partial charge in [-0.05, 0) is 33.4 Å². The quantitative estimate of drug-likeness (QED) is 0.835. The second kappa shape index (κ2) is 4.49. The molecule has 0 amide bonds. The van der Waals surface area contributed by atoms with E-state index >= 15 is 0 Å². The fraction of sp³-hybridized carbons (Fsp3) is 0.667. The minimum atomic E-state index is -0.0688. The topological polar surface area (TPSA) is 50.2 Å². The smallest absolute Gasteiger partial charge is 0.293 e. The van der Waals surface area contributed by atoms with E-state index in [1.165, 1.54) is 19.3 Å². The van der Waals surface area contributed by atoms with Gasteiger partial charge in [-0.25, -0.2) is 4.98 Å². The average Bonchev–Trinajstić information content (AvgIpc) is 2.22. The van der Waals surface area contributed by atoms with E-state index in [9.17, 15) is 4.79 Å². The molecule has 0 unspecified atom stereocenters. The number of nitrogens with one attached hydrogen (secondary N) is 1. The molecular formula is C12H20N4O. The highest BCUT2D eigenvalue weighted by atomic mass is 16.1. The van der Waals surface area contributed by atoms with Crippen LogP contribution in [0.25, 0.3) is 0 Å². The second-order valence-corrected chi connectivity index (χ2v) is 5.02. The van der Waals surface area contributed by atoms with E-state index in [0.717, 1.165) is 6.54 Å². The Labute approximate surface area is 101 Å². The fourth-order valence-electron chi connectivity index (χ4n) is 2.23. The normalized spacial score (nSPS) is 17.9. The Hall–Kier alpha value is -1.36. The summed E-state index contributed by atoms with van der Waals surface area (Å²) >= 11 is 0. The van der Waals surface area contributed by atoms with Crippen LogP contribution in [0.5, 0.6) is 0 Å². The number of aromatic nitrogens is 2. The molecule has 5 heteroatoms. The molecule has 1 aliphatic rings. The molecule has 1 aromatic heterocycles. The molecule has 0 aromatic carbocycles. The standard InChI is InChI=1S/C12H20N4O/c1-15(2)12(5-4-6-12)9-14-10-11(17)16(3)8-7-13-10/h7-8H,4-6,9H2,1-3H3,(H,13,14). The predicted octanol–water partition coefficient (Wildman–Crippen LogP) is 0.676. The largest absolute Gasteiger partial charge is 0.364 e. The van der Waals surface area contributed by atoms with Crippen LogP contribution in [0.1, 0.15) is 19.3 Å². The third-order valence-electron chi connectivity index (χ3n) is 3.83. The van der Waals surface area contributed by atoms with Gasteiger partial charge >= 0.3 is 0 Å². The zero-order valence-electron chi connectivity index (χ0n) is 10.7. The van der Waals surface area contributed by atoms with Gasteiger partial charge in [0.15, 0.2) is 5.82 Å². The third kappa shape index (κ3) is 2.20. The van der Waals surface area contributed by atoms with Crippen LogP contribution in [0.3, 0.4) is 0 Å². The van der Waals surface area contributed by atoms with E-state index in [1.54, 1.807) is 24.0 Å². The van der Waals surface area contributed by atoms with Gasteiger partial charge in [0.1, 0.15) is 0 Å².